The third kappa shape index (κ3) is 2.46. The molecule has 0 aliphatic carbocycles. The summed E-state index contributed by atoms with van der Waals surface area (Å²) in [5.41, 5.74) is 1.81. The highest BCUT2D eigenvalue weighted by atomic mass is 16.5. The molecule has 2 aromatic rings. The number of ether oxygens (including phenoxy) is 2. The van der Waals surface area contributed by atoms with Gasteiger partial charge in [-0.25, -0.2) is 4.79 Å². The minimum absolute atomic E-state index is 0.0645. The van der Waals surface area contributed by atoms with E-state index in [-0.39, 0.29) is 24.4 Å². The van der Waals surface area contributed by atoms with Gasteiger partial charge in [-0.3, -0.25) is 4.79 Å². The molecule has 1 aromatic carbocycles. The van der Waals surface area contributed by atoms with Crippen molar-refractivity contribution < 1.29 is 18.7 Å². The highest BCUT2D eigenvalue weighted by Gasteiger charge is 2.34. The number of carbonyl (C=O) groups is 1. The van der Waals surface area contributed by atoms with Gasteiger partial charge in [-0.2, -0.15) is 0 Å². The van der Waals surface area contributed by atoms with Crippen molar-refractivity contribution in [3.8, 4) is 11.5 Å². The first-order valence-corrected chi connectivity index (χ1v) is 8.71. The quantitative estimate of drug-likeness (QED) is 0.776. The van der Waals surface area contributed by atoms with Crippen molar-refractivity contribution in [3.05, 3.63) is 39.3 Å². The van der Waals surface area contributed by atoms with E-state index < -0.39 is 5.63 Å². The van der Waals surface area contributed by atoms with E-state index in [0.717, 1.165) is 22.9 Å². The second-order valence-electron chi connectivity index (χ2n) is 6.73. The number of ketones is 1. The average molecular weight is 340 g/mol. The highest BCUT2D eigenvalue weighted by Crippen LogP contribution is 2.47. The van der Waals surface area contributed by atoms with Crippen LogP contribution in [-0.2, 0) is 6.42 Å². The van der Waals surface area contributed by atoms with Crippen LogP contribution in [0.25, 0.3) is 17.0 Å². The van der Waals surface area contributed by atoms with Crippen LogP contribution in [0.2, 0.25) is 0 Å². The van der Waals surface area contributed by atoms with E-state index in [9.17, 15) is 9.59 Å². The van der Waals surface area contributed by atoms with Crippen LogP contribution in [0.15, 0.2) is 21.4 Å². The van der Waals surface area contributed by atoms with Crippen molar-refractivity contribution in [1.82, 2.24) is 0 Å². The van der Waals surface area contributed by atoms with E-state index in [0.29, 0.717) is 29.1 Å². The summed E-state index contributed by atoms with van der Waals surface area (Å²) in [6.07, 6.45) is 5.39. The topological polar surface area (TPSA) is 65.7 Å². The molecule has 4 rings (SSSR count). The predicted octanol–water partition coefficient (Wildman–Crippen LogP) is 3.89. The number of carbonyl (C=O) groups excluding carboxylic acids is 1. The second-order valence-corrected chi connectivity index (χ2v) is 6.73. The molecule has 2 aliphatic rings. The van der Waals surface area contributed by atoms with Gasteiger partial charge in [0.05, 0.1) is 10.9 Å². The van der Waals surface area contributed by atoms with E-state index in [1.807, 2.05) is 32.9 Å². The monoisotopic (exact) mass is 340 g/mol. The molecule has 25 heavy (non-hydrogen) atoms. The fraction of sp³-hybridized carbons (Fsp3) is 0.400. The maximum atomic E-state index is 12.7. The zero-order valence-electron chi connectivity index (χ0n) is 14.5. The Morgan fingerprint density at radius 3 is 2.72 bits per heavy atom. The lowest BCUT2D eigenvalue weighted by molar-refractivity contribution is 0.0870. The van der Waals surface area contributed by atoms with Gasteiger partial charge in [-0.05, 0) is 38.0 Å². The average Bonchev–Trinajstić information content (AvgIpc) is 2.53. The minimum Gasteiger partial charge on any atom is -0.489 e. The molecule has 0 saturated heterocycles. The van der Waals surface area contributed by atoms with Crippen LogP contribution < -0.4 is 15.1 Å². The second kappa shape index (κ2) is 5.76. The Hall–Kier alpha value is -2.56. The Labute approximate surface area is 145 Å². The summed E-state index contributed by atoms with van der Waals surface area (Å²) in [5.74, 6) is 1.04. The summed E-state index contributed by atoms with van der Waals surface area (Å²) in [5, 5.41) is 0.720. The SMILES string of the molecule is CCCc1cc(=O)oc2c3c(c4c(c12)OC(C)C=C4)OC(C)CC3=O. The van der Waals surface area contributed by atoms with Crippen LogP contribution in [0.1, 0.15) is 55.1 Å². The first-order chi connectivity index (χ1) is 12.0. The van der Waals surface area contributed by atoms with Crippen LogP contribution in [0.5, 0.6) is 11.5 Å². The maximum absolute atomic E-state index is 12.7. The summed E-state index contributed by atoms with van der Waals surface area (Å²) in [6, 6.07) is 1.50. The van der Waals surface area contributed by atoms with Gasteiger partial charge in [0.15, 0.2) is 11.4 Å². The minimum atomic E-state index is -0.455. The molecule has 5 nitrogen and oxygen atoms in total. The summed E-state index contributed by atoms with van der Waals surface area (Å²) < 4.78 is 17.5. The fourth-order valence-corrected chi connectivity index (χ4v) is 3.62. The number of rotatable bonds is 2. The van der Waals surface area contributed by atoms with Crippen LogP contribution in [0.4, 0.5) is 0 Å². The lowest BCUT2D eigenvalue weighted by Gasteiger charge is -2.29. The Balaban J connectivity index is 2.18. The zero-order chi connectivity index (χ0) is 17.7. The normalized spacial score (nSPS) is 21.5. The van der Waals surface area contributed by atoms with E-state index in [4.69, 9.17) is 13.9 Å². The Morgan fingerprint density at radius 2 is 1.96 bits per heavy atom. The molecular formula is C20H20O5. The molecule has 3 heterocycles. The molecule has 2 aliphatic heterocycles. The third-order valence-corrected chi connectivity index (χ3v) is 4.64. The third-order valence-electron chi connectivity index (χ3n) is 4.64. The van der Waals surface area contributed by atoms with Crippen LogP contribution >= 0.6 is 0 Å². The molecule has 0 fully saturated rings. The van der Waals surface area contributed by atoms with Gasteiger partial charge in [0, 0.05) is 12.5 Å². The van der Waals surface area contributed by atoms with Crippen molar-refractivity contribution in [2.75, 3.05) is 0 Å². The molecule has 2 atom stereocenters. The molecule has 0 radical (unpaired) electrons. The van der Waals surface area contributed by atoms with E-state index in [1.165, 1.54) is 6.07 Å². The van der Waals surface area contributed by atoms with Crippen molar-refractivity contribution in [3.63, 3.8) is 0 Å². The standard InChI is InChI=1S/C20H20O5/c1-4-5-12-9-15(22)25-20-16(12)18-13(7-6-10(2)23-18)19-17(20)14(21)8-11(3)24-19/h6-7,9-11H,4-5,8H2,1-3H3. The van der Waals surface area contributed by atoms with Gasteiger partial charge in [0.25, 0.3) is 0 Å². The van der Waals surface area contributed by atoms with Gasteiger partial charge < -0.3 is 13.9 Å². The van der Waals surface area contributed by atoms with Gasteiger partial charge in [-0.1, -0.05) is 13.3 Å². The fourth-order valence-electron chi connectivity index (χ4n) is 3.62. The van der Waals surface area contributed by atoms with Crippen LogP contribution in [0, 0.1) is 0 Å². The summed E-state index contributed by atoms with van der Waals surface area (Å²) >= 11 is 0. The van der Waals surface area contributed by atoms with E-state index >= 15 is 0 Å². The summed E-state index contributed by atoms with van der Waals surface area (Å²) in [7, 11) is 0. The number of aryl methyl sites for hydroxylation is 1. The molecule has 0 N–H and O–H groups in total. The smallest absolute Gasteiger partial charge is 0.336 e. The predicted molar refractivity (Wildman–Crippen MR) is 94.6 cm³/mol. The number of Topliss-reactive ketones (excluding diaryl/α,β-unsaturated/α-hetero) is 1. The van der Waals surface area contributed by atoms with Crippen molar-refractivity contribution in [1.29, 1.82) is 0 Å². The molecule has 130 valence electrons. The van der Waals surface area contributed by atoms with E-state index in [2.05, 4.69) is 0 Å². The Morgan fingerprint density at radius 1 is 1.16 bits per heavy atom. The van der Waals surface area contributed by atoms with Gasteiger partial charge >= 0.3 is 5.63 Å². The molecular weight excluding hydrogens is 320 g/mol. The lowest BCUT2D eigenvalue weighted by atomic mass is 9.91. The zero-order valence-corrected chi connectivity index (χ0v) is 14.5. The molecule has 1 aromatic heterocycles. The molecule has 0 bridgehead atoms. The van der Waals surface area contributed by atoms with Gasteiger partial charge in [0.2, 0.25) is 0 Å². The largest absolute Gasteiger partial charge is 0.489 e. The molecule has 0 saturated carbocycles. The summed E-state index contributed by atoms with van der Waals surface area (Å²) in [4.78, 5) is 24.8. The first kappa shape index (κ1) is 15.9. The Bertz CT molecular complexity index is 966. The Kier molecular flexibility index (Phi) is 3.67. The molecule has 0 spiro atoms. The number of hydrogen-bond donors (Lipinski definition) is 0. The van der Waals surface area contributed by atoms with Crippen molar-refractivity contribution >= 4 is 22.8 Å². The van der Waals surface area contributed by atoms with Crippen molar-refractivity contribution in [2.45, 2.75) is 52.2 Å². The van der Waals surface area contributed by atoms with E-state index in [1.54, 1.807) is 0 Å². The first-order valence-electron chi connectivity index (χ1n) is 8.71. The maximum Gasteiger partial charge on any atom is 0.336 e. The van der Waals surface area contributed by atoms with Gasteiger partial charge in [-0.15, -0.1) is 0 Å². The lowest BCUT2D eigenvalue weighted by Crippen LogP contribution is -2.26. The van der Waals surface area contributed by atoms with Gasteiger partial charge in [0.1, 0.15) is 29.3 Å². The summed E-state index contributed by atoms with van der Waals surface area (Å²) in [6.45, 7) is 5.85. The molecule has 0 amide bonds. The highest BCUT2D eigenvalue weighted by molar-refractivity contribution is 6.13. The molecule has 2 unspecified atom stereocenters. The van der Waals surface area contributed by atoms with Crippen molar-refractivity contribution in [2.24, 2.45) is 0 Å². The van der Waals surface area contributed by atoms with Crippen LogP contribution in [-0.4, -0.2) is 18.0 Å². The number of benzene rings is 1. The molecule has 5 heteroatoms. The number of hydrogen-bond acceptors (Lipinski definition) is 5. The van der Waals surface area contributed by atoms with Crippen LogP contribution in [0.3, 0.4) is 0 Å². The number of fused-ring (bicyclic) bond motifs is 6.